The molecule has 0 amide bonds. The van der Waals surface area contributed by atoms with Crippen LogP contribution in [0.1, 0.15) is 0 Å². The molecular weight excluding hydrogens is 342 g/mol. The zero-order chi connectivity index (χ0) is 12.4. The Morgan fingerprint density at radius 2 is 2.29 bits per heavy atom. The summed E-state index contributed by atoms with van der Waals surface area (Å²) >= 11 is 1.94. The molecule has 8 heteroatoms. The summed E-state index contributed by atoms with van der Waals surface area (Å²) in [5.41, 5.74) is 0.596. The fourth-order valence-corrected chi connectivity index (χ4v) is 2.02. The van der Waals surface area contributed by atoms with Crippen LogP contribution in [-0.2, 0) is 11.3 Å². The van der Waals surface area contributed by atoms with Crippen LogP contribution in [0.2, 0.25) is 0 Å². The van der Waals surface area contributed by atoms with Crippen LogP contribution >= 0.6 is 22.6 Å². The van der Waals surface area contributed by atoms with Gasteiger partial charge in [-0.3, -0.25) is 4.79 Å². The lowest BCUT2D eigenvalue weighted by molar-refractivity contribution is -0.137. The third-order valence-corrected chi connectivity index (χ3v) is 2.88. The van der Waals surface area contributed by atoms with Crippen molar-refractivity contribution in [2.24, 2.45) is 0 Å². The molecule has 0 aliphatic rings. The molecule has 0 radical (unpaired) electrons. The molecule has 0 bridgehead atoms. The maximum atomic E-state index is 12.9. The lowest BCUT2D eigenvalue weighted by Crippen LogP contribution is -2.12. The Morgan fingerprint density at radius 3 is 2.94 bits per heavy atom. The summed E-state index contributed by atoms with van der Waals surface area (Å²) in [6, 6.07) is 4.12. The number of hydrogen-bond donors (Lipinski definition) is 1. The summed E-state index contributed by atoms with van der Waals surface area (Å²) in [4.78, 5) is 10.6. The van der Waals surface area contributed by atoms with E-state index in [2.05, 4.69) is 15.5 Å². The van der Waals surface area contributed by atoms with Gasteiger partial charge in [-0.1, -0.05) is 0 Å². The van der Waals surface area contributed by atoms with Gasteiger partial charge in [-0.2, -0.15) is 0 Å². The van der Waals surface area contributed by atoms with Gasteiger partial charge >= 0.3 is 5.97 Å². The van der Waals surface area contributed by atoms with E-state index < -0.39 is 5.97 Å². The second-order valence-electron chi connectivity index (χ2n) is 3.18. The summed E-state index contributed by atoms with van der Waals surface area (Å²) < 4.78 is 14.7. The molecule has 0 spiro atoms. The van der Waals surface area contributed by atoms with E-state index in [0.29, 0.717) is 15.0 Å². The van der Waals surface area contributed by atoms with E-state index in [1.165, 1.54) is 18.2 Å². The molecule has 1 aromatic heterocycles. The lowest BCUT2D eigenvalue weighted by Gasteiger charge is -2.04. The highest BCUT2D eigenvalue weighted by molar-refractivity contribution is 14.1. The van der Waals surface area contributed by atoms with E-state index in [1.807, 2.05) is 22.6 Å². The van der Waals surface area contributed by atoms with E-state index in [4.69, 9.17) is 5.11 Å². The first-order valence-corrected chi connectivity index (χ1v) is 5.59. The Kier molecular flexibility index (Phi) is 3.31. The molecule has 6 nitrogen and oxygen atoms in total. The van der Waals surface area contributed by atoms with Crippen LogP contribution in [0.5, 0.6) is 0 Å². The molecule has 1 N–H and O–H groups in total. The van der Waals surface area contributed by atoms with Crippen molar-refractivity contribution in [3.63, 3.8) is 0 Å². The molecule has 2 aromatic rings. The predicted octanol–water partition coefficient (Wildman–Crippen LogP) is 1.17. The Labute approximate surface area is 109 Å². The van der Waals surface area contributed by atoms with Gasteiger partial charge in [0, 0.05) is 9.13 Å². The van der Waals surface area contributed by atoms with Gasteiger partial charge in [0.25, 0.3) is 0 Å². The zero-order valence-corrected chi connectivity index (χ0v) is 10.5. The first-order valence-electron chi connectivity index (χ1n) is 4.51. The quantitative estimate of drug-likeness (QED) is 0.843. The average Bonchev–Trinajstić information content (AvgIpc) is 2.65. The summed E-state index contributed by atoms with van der Waals surface area (Å²) in [5, 5.41) is 19.4. The van der Waals surface area contributed by atoms with Crippen LogP contribution in [-0.4, -0.2) is 31.3 Å². The number of benzene rings is 1. The Hall–Kier alpha value is -1.58. The number of aromatic nitrogens is 4. The molecule has 2 rings (SSSR count). The van der Waals surface area contributed by atoms with Gasteiger partial charge < -0.3 is 5.11 Å². The molecule has 0 aliphatic carbocycles. The molecule has 1 heterocycles. The number of carboxylic acid groups (broad SMARTS) is 1. The van der Waals surface area contributed by atoms with Crippen LogP contribution in [0, 0.1) is 9.39 Å². The molecule has 1 aromatic carbocycles. The van der Waals surface area contributed by atoms with Gasteiger partial charge in [0.2, 0.25) is 0 Å². The molecule has 88 valence electrons. The van der Waals surface area contributed by atoms with Crippen LogP contribution in [0.4, 0.5) is 4.39 Å². The second kappa shape index (κ2) is 4.73. The number of aliphatic carboxylic acids is 1. The van der Waals surface area contributed by atoms with E-state index in [1.54, 1.807) is 0 Å². The van der Waals surface area contributed by atoms with Crippen molar-refractivity contribution in [1.29, 1.82) is 0 Å². The number of carbonyl (C=O) groups is 1. The third kappa shape index (κ3) is 2.57. The van der Waals surface area contributed by atoms with Crippen molar-refractivity contribution in [3.8, 4) is 11.4 Å². The van der Waals surface area contributed by atoms with Gasteiger partial charge in [0.1, 0.15) is 12.4 Å². The van der Waals surface area contributed by atoms with Crippen molar-refractivity contribution in [3.05, 3.63) is 27.6 Å². The normalized spacial score (nSPS) is 10.5. The zero-order valence-electron chi connectivity index (χ0n) is 8.34. The van der Waals surface area contributed by atoms with Crippen LogP contribution in [0.3, 0.4) is 0 Å². The number of halogens is 2. The topological polar surface area (TPSA) is 80.9 Å². The Morgan fingerprint density at radius 1 is 1.53 bits per heavy atom. The highest BCUT2D eigenvalue weighted by Crippen LogP contribution is 2.23. The molecule has 0 saturated heterocycles. The first kappa shape index (κ1) is 11.9. The number of carboxylic acids is 1. The van der Waals surface area contributed by atoms with Crippen molar-refractivity contribution < 1.29 is 14.3 Å². The number of rotatable bonds is 3. The summed E-state index contributed by atoms with van der Waals surface area (Å²) in [6.45, 7) is -0.338. The van der Waals surface area contributed by atoms with E-state index in [-0.39, 0.29) is 12.4 Å². The Bertz CT molecular complexity index is 572. The summed E-state index contributed by atoms with van der Waals surface area (Å²) in [6.07, 6.45) is 0. The maximum absolute atomic E-state index is 12.9. The minimum Gasteiger partial charge on any atom is -0.480 e. The number of hydrogen-bond acceptors (Lipinski definition) is 4. The first-order chi connectivity index (χ1) is 8.08. The van der Waals surface area contributed by atoms with Crippen molar-refractivity contribution in [1.82, 2.24) is 20.2 Å². The second-order valence-corrected chi connectivity index (χ2v) is 4.34. The van der Waals surface area contributed by atoms with Crippen LogP contribution in [0.15, 0.2) is 18.2 Å². The standard InChI is InChI=1S/C9H6FIN4O2/c10-5-1-2-6(7(11)3-5)9-12-13-14-15(9)4-8(16)17/h1-3H,4H2,(H,16,17). The third-order valence-electron chi connectivity index (χ3n) is 1.99. The highest BCUT2D eigenvalue weighted by atomic mass is 127. The molecule has 0 saturated carbocycles. The molecule has 0 fully saturated rings. The molecule has 0 atom stereocenters. The number of tetrazole rings is 1. The highest BCUT2D eigenvalue weighted by Gasteiger charge is 2.14. The predicted molar refractivity (Wildman–Crippen MR) is 63.6 cm³/mol. The van der Waals surface area contributed by atoms with Gasteiger partial charge in [-0.15, -0.1) is 5.10 Å². The minimum absolute atomic E-state index is 0.303. The lowest BCUT2D eigenvalue weighted by atomic mass is 10.2. The molecule has 0 aliphatic heterocycles. The fraction of sp³-hybridized carbons (Fsp3) is 0.111. The monoisotopic (exact) mass is 348 g/mol. The van der Waals surface area contributed by atoms with Crippen molar-refractivity contribution in [2.75, 3.05) is 0 Å². The molecular formula is C9H6FIN4O2. The average molecular weight is 348 g/mol. The molecule has 17 heavy (non-hydrogen) atoms. The van der Waals surface area contributed by atoms with Crippen LogP contribution in [0.25, 0.3) is 11.4 Å². The van der Waals surface area contributed by atoms with E-state index in [0.717, 1.165) is 4.68 Å². The molecule has 0 unspecified atom stereocenters. The van der Waals surface area contributed by atoms with Crippen LogP contribution < -0.4 is 0 Å². The Balaban J connectivity index is 2.46. The SMILES string of the molecule is O=C(O)Cn1nnnc1-c1ccc(F)cc1I. The smallest absolute Gasteiger partial charge is 0.325 e. The van der Waals surface area contributed by atoms with Crippen molar-refractivity contribution >= 4 is 28.6 Å². The maximum Gasteiger partial charge on any atom is 0.325 e. The summed E-state index contributed by atoms with van der Waals surface area (Å²) in [7, 11) is 0. The van der Waals surface area contributed by atoms with Gasteiger partial charge in [0.15, 0.2) is 5.82 Å². The minimum atomic E-state index is -1.05. The van der Waals surface area contributed by atoms with Gasteiger partial charge in [-0.05, 0) is 51.2 Å². The van der Waals surface area contributed by atoms with Gasteiger partial charge in [0.05, 0.1) is 0 Å². The fourth-order valence-electron chi connectivity index (χ4n) is 1.30. The largest absolute Gasteiger partial charge is 0.480 e. The summed E-state index contributed by atoms with van der Waals surface area (Å²) in [5.74, 6) is -1.11. The number of nitrogens with zero attached hydrogens (tertiary/aromatic N) is 4. The van der Waals surface area contributed by atoms with Gasteiger partial charge in [-0.25, -0.2) is 9.07 Å². The van der Waals surface area contributed by atoms with E-state index >= 15 is 0 Å². The van der Waals surface area contributed by atoms with E-state index in [9.17, 15) is 9.18 Å². The van der Waals surface area contributed by atoms with Crippen molar-refractivity contribution in [2.45, 2.75) is 6.54 Å².